The maximum Gasteiger partial charge on any atom is 0.231 e. The van der Waals surface area contributed by atoms with Crippen molar-refractivity contribution < 1.29 is 13.9 Å². The molecule has 0 saturated carbocycles. The zero-order valence-corrected chi connectivity index (χ0v) is 13.5. The fraction of sp³-hybridized carbons (Fsp3) is 0.0588. The van der Waals surface area contributed by atoms with Crippen molar-refractivity contribution in [1.82, 2.24) is 9.97 Å². The molecular formula is C17H12ClFN4O2. The average Bonchev–Trinajstić information content (AvgIpc) is 3.06. The molecule has 0 fully saturated rings. The smallest absolute Gasteiger partial charge is 0.231 e. The van der Waals surface area contributed by atoms with Gasteiger partial charge < -0.3 is 20.1 Å². The fourth-order valence-corrected chi connectivity index (χ4v) is 2.49. The van der Waals surface area contributed by atoms with Gasteiger partial charge in [0.1, 0.15) is 11.6 Å². The molecule has 0 bridgehead atoms. The number of fused-ring (bicyclic) bond motifs is 1. The summed E-state index contributed by atoms with van der Waals surface area (Å²) < 4.78 is 23.8. The van der Waals surface area contributed by atoms with Gasteiger partial charge >= 0.3 is 0 Å². The third kappa shape index (κ3) is 3.41. The van der Waals surface area contributed by atoms with Crippen LogP contribution in [-0.2, 0) is 0 Å². The summed E-state index contributed by atoms with van der Waals surface area (Å²) in [6.07, 6.45) is 1.61. The van der Waals surface area contributed by atoms with Gasteiger partial charge in [0.2, 0.25) is 12.7 Å². The van der Waals surface area contributed by atoms with Crippen molar-refractivity contribution in [3.63, 3.8) is 0 Å². The molecule has 1 aromatic heterocycles. The third-order valence-corrected chi connectivity index (χ3v) is 3.77. The van der Waals surface area contributed by atoms with E-state index in [1.807, 2.05) is 18.2 Å². The van der Waals surface area contributed by atoms with Gasteiger partial charge in [0.15, 0.2) is 11.5 Å². The van der Waals surface area contributed by atoms with Crippen LogP contribution in [0.25, 0.3) is 0 Å². The number of nitrogens with one attached hydrogen (secondary N) is 2. The van der Waals surface area contributed by atoms with E-state index >= 15 is 0 Å². The maximum atomic E-state index is 13.2. The summed E-state index contributed by atoms with van der Waals surface area (Å²) in [5.41, 5.74) is 1.39. The molecule has 0 aliphatic carbocycles. The minimum Gasteiger partial charge on any atom is -0.454 e. The summed E-state index contributed by atoms with van der Waals surface area (Å²) in [7, 11) is 0. The summed E-state index contributed by atoms with van der Waals surface area (Å²) in [6.45, 7) is 0.217. The first-order chi connectivity index (χ1) is 12.2. The molecule has 0 saturated heterocycles. The van der Waals surface area contributed by atoms with Crippen LogP contribution in [0.1, 0.15) is 0 Å². The van der Waals surface area contributed by atoms with Gasteiger partial charge in [0.05, 0.1) is 5.02 Å². The Morgan fingerprint density at radius 1 is 0.960 bits per heavy atom. The summed E-state index contributed by atoms with van der Waals surface area (Å²) in [5, 5.41) is 6.19. The van der Waals surface area contributed by atoms with Crippen molar-refractivity contribution in [3.05, 3.63) is 59.5 Å². The Hall–Kier alpha value is -3.06. The standard InChI is InChI=1S/C17H12ClFN4O2/c18-12-7-10(1-3-13(12)19)21-16-5-6-20-17(23-16)22-11-2-4-14-15(8-11)25-9-24-14/h1-8H,9H2,(H2,20,21,22,23). The van der Waals surface area contributed by atoms with E-state index in [-0.39, 0.29) is 11.8 Å². The van der Waals surface area contributed by atoms with E-state index in [0.717, 1.165) is 5.69 Å². The van der Waals surface area contributed by atoms with Crippen LogP contribution in [0.4, 0.5) is 27.5 Å². The fourth-order valence-electron chi connectivity index (χ4n) is 2.31. The van der Waals surface area contributed by atoms with Crippen LogP contribution < -0.4 is 20.1 Å². The molecule has 4 rings (SSSR count). The molecule has 8 heteroatoms. The molecule has 126 valence electrons. The normalized spacial score (nSPS) is 12.1. The molecule has 25 heavy (non-hydrogen) atoms. The highest BCUT2D eigenvalue weighted by molar-refractivity contribution is 6.31. The van der Waals surface area contributed by atoms with Gasteiger partial charge in [-0.3, -0.25) is 0 Å². The van der Waals surface area contributed by atoms with Gasteiger partial charge in [-0.2, -0.15) is 4.98 Å². The Kier molecular flexibility index (Phi) is 3.99. The van der Waals surface area contributed by atoms with Crippen LogP contribution in [0.15, 0.2) is 48.7 Å². The predicted octanol–water partition coefficient (Wildman–Crippen LogP) is 4.49. The number of rotatable bonds is 4. The van der Waals surface area contributed by atoms with Gasteiger partial charge in [0, 0.05) is 23.6 Å². The Labute approximate surface area is 147 Å². The van der Waals surface area contributed by atoms with Crippen molar-refractivity contribution in [1.29, 1.82) is 0 Å². The van der Waals surface area contributed by atoms with Gasteiger partial charge in [-0.25, -0.2) is 9.37 Å². The van der Waals surface area contributed by atoms with E-state index in [9.17, 15) is 4.39 Å². The zero-order chi connectivity index (χ0) is 17.2. The lowest BCUT2D eigenvalue weighted by molar-refractivity contribution is 0.174. The van der Waals surface area contributed by atoms with Gasteiger partial charge in [-0.1, -0.05) is 11.6 Å². The van der Waals surface area contributed by atoms with Gasteiger partial charge in [-0.05, 0) is 36.4 Å². The first kappa shape index (κ1) is 15.5. The number of aromatic nitrogens is 2. The van der Waals surface area contributed by atoms with E-state index < -0.39 is 5.82 Å². The molecule has 0 atom stereocenters. The Balaban J connectivity index is 1.52. The lowest BCUT2D eigenvalue weighted by atomic mass is 10.3. The minimum atomic E-state index is -0.472. The van der Waals surface area contributed by atoms with Crippen LogP contribution >= 0.6 is 11.6 Å². The SMILES string of the molecule is Fc1ccc(Nc2ccnc(Nc3ccc4c(c3)OCO4)n2)cc1Cl. The van der Waals surface area contributed by atoms with Crippen molar-refractivity contribution in [3.8, 4) is 11.5 Å². The zero-order valence-electron chi connectivity index (χ0n) is 12.8. The number of hydrogen-bond acceptors (Lipinski definition) is 6. The summed E-state index contributed by atoms with van der Waals surface area (Å²) in [4.78, 5) is 8.55. The molecule has 0 spiro atoms. The Bertz CT molecular complexity index is 938. The van der Waals surface area contributed by atoms with Crippen molar-refractivity contribution in [2.75, 3.05) is 17.4 Å². The van der Waals surface area contributed by atoms with Crippen LogP contribution in [0, 0.1) is 5.82 Å². The maximum absolute atomic E-state index is 13.2. The highest BCUT2D eigenvalue weighted by Crippen LogP contribution is 2.34. The number of hydrogen-bond donors (Lipinski definition) is 2. The average molecular weight is 359 g/mol. The third-order valence-electron chi connectivity index (χ3n) is 3.48. The molecule has 1 aliphatic rings. The summed E-state index contributed by atoms with van der Waals surface area (Å²) in [5.74, 6) is 1.84. The van der Waals surface area contributed by atoms with Crippen molar-refractivity contribution >= 4 is 34.7 Å². The summed E-state index contributed by atoms with van der Waals surface area (Å²) >= 11 is 5.78. The molecule has 2 aromatic carbocycles. The van der Waals surface area contributed by atoms with Crippen LogP contribution in [0.2, 0.25) is 5.02 Å². The van der Waals surface area contributed by atoms with Crippen LogP contribution in [-0.4, -0.2) is 16.8 Å². The van der Waals surface area contributed by atoms with E-state index in [2.05, 4.69) is 20.6 Å². The molecule has 0 amide bonds. The highest BCUT2D eigenvalue weighted by Gasteiger charge is 2.13. The molecule has 1 aliphatic heterocycles. The molecular weight excluding hydrogens is 347 g/mol. The quantitative estimate of drug-likeness (QED) is 0.716. The largest absolute Gasteiger partial charge is 0.454 e. The molecule has 0 unspecified atom stereocenters. The second-order valence-corrected chi connectivity index (χ2v) is 5.62. The molecule has 6 nitrogen and oxygen atoms in total. The number of anilines is 4. The topological polar surface area (TPSA) is 68.3 Å². The van der Waals surface area contributed by atoms with E-state index in [1.54, 1.807) is 18.3 Å². The van der Waals surface area contributed by atoms with Crippen molar-refractivity contribution in [2.45, 2.75) is 0 Å². The van der Waals surface area contributed by atoms with E-state index in [0.29, 0.717) is 29.0 Å². The molecule has 2 N–H and O–H groups in total. The second-order valence-electron chi connectivity index (χ2n) is 5.21. The van der Waals surface area contributed by atoms with E-state index in [1.165, 1.54) is 12.1 Å². The Morgan fingerprint density at radius 2 is 1.76 bits per heavy atom. The first-order valence-electron chi connectivity index (χ1n) is 7.39. The first-order valence-corrected chi connectivity index (χ1v) is 7.77. The molecule has 3 aromatic rings. The predicted molar refractivity (Wildman–Crippen MR) is 92.6 cm³/mol. The lowest BCUT2D eigenvalue weighted by Crippen LogP contribution is -2.00. The highest BCUT2D eigenvalue weighted by atomic mass is 35.5. The number of ether oxygens (including phenoxy) is 2. The van der Waals surface area contributed by atoms with Gasteiger partial charge in [0.25, 0.3) is 0 Å². The summed E-state index contributed by atoms with van der Waals surface area (Å²) in [6, 6.07) is 11.5. The number of benzene rings is 2. The number of nitrogens with zero attached hydrogens (tertiary/aromatic N) is 2. The van der Waals surface area contributed by atoms with Crippen molar-refractivity contribution in [2.24, 2.45) is 0 Å². The van der Waals surface area contributed by atoms with Crippen LogP contribution in [0.3, 0.4) is 0 Å². The number of halogens is 2. The lowest BCUT2D eigenvalue weighted by Gasteiger charge is -2.09. The monoisotopic (exact) mass is 358 g/mol. The van der Waals surface area contributed by atoms with Crippen LogP contribution in [0.5, 0.6) is 11.5 Å². The van der Waals surface area contributed by atoms with E-state index in [4.69, 9.17) is 21.1 Å². The second kappa shape index (κ2) is 6.45. The molecule has 2 heterocycles. The molecule has 0 radical (unpaired) electrons. The Morgan fingerprint density at radius 3 is 2.64 bits per heavy atom. The van der Waals surface area contributed by atoms with Gasteiger partial charge in [-0.15, -0.1) is 0 Å². The minimum absolute atomic E-state index is 0.0396.